The van der Waals surface area contributed by atoms with E-state index < -0.39 is 0 Å². The van der Waals surface area contributed by atoms with Crippen LogP contribution in [-0.2, 0) is 11.3 Å². The molecule has 0 aromatic heterocycles. The Labute approximate surface area is 154 Å². The largest absolute Gasteiger partial charge is 0.373 e. The van der Waals surface area contributed by atoms with Crippen molar-refractivity contribution in [1.82, 2.24) is 0 Å². The maximum absolute atomic E-state index is 6.12. The topological polar surface area (TPSA) is 35.2 Å². The summed E-state index contributed by atoms with van der Waals surface area (Å²) in [4.78, 5) is 0. The van der Waals surface area contributed by atoms with E-state index in [2.05, 4.69) is 48.5 Å². The lowest BCUT2D eigenvalue weighted by molar-refractivity contribution is 0.0272. The molecule has 1 unspecified atom stereocenters. The molecule has 1 aliphatic rings. The third-order valence-corrected chi connectivity index (χ3v) is 4.56. The first-order chi connectivity index (χ1) is 11.3. The monoisotopic (exact) mass is 336 g/mol. The molecule has 0 saturated heterocycles. The van der Waals surface area contributed by atoms with Gasteiger partial charge in [0.15, 0.2) is 0 Å². The molecular weight excluding hydrogens is 306 g/mol. The maximum atomic E-state index is 6.12. The molecule has 1 atom stereocenters. The molecule has 2 aromatic carbocycles. The van der Waals surface area contributed by atoms with Crippen molar-refractivity contribution in [2.24, 2.45) is 5.73 Å². The van der Waals surface area contributed by atoms with Crippen molar-refractivity contribution >= 4 is 0 Å². The quantitative estimate of drug-likeness (QED) is 0.773. The van der Waals surface area contributed by atoms with Gasteiger partial charge in [0.05, 0.1) is 12.7 Å². The molecule has 3 rings (SSSR count). The average Bonchev–Trinajstić information content (AvgIpc) is 2.58. The second-order valence-electron chi connectivity index (χ2n) is 6.46. The van der Waals surface area contributed by atoms with Gasteiger partial charge in [-0.2, -0.15) is 0 Å². The van der Waals surface area contributed by atoms with E-state index in [4.69, 9.17) is 10.5 Å². The predicted molar refractivity (Wildman–Crippen MR) is 106 cm³/mol. The van der Waals surface area contributed by atoms with Gasteiger partial charge in [-0.1, -0.05) is 88.7 Å². The summed E-state index contributed by atoms with van der Waals surface area (Å²) in [5.74, 6) is 0. The van der Waals surface area contributed by atoms with E-state index in [0.717, 1.165) is 25.3 Å². The van der Waals surface area contributed by atoms with Gasteiger partial charge < -0.3 is 10.5 Å². The van der Waals surface area contributed by atoms with Gasteiger partial charge in [-0.3, -0.25) is 0 Å². The van der Waals surface area contributed by atoms with Gasteiger partial charge in [0.2, 0.25) is 0 Å². The summed E-state index contributed by atoms with van der Waals surface area (Å²) < 4.78 is 6.12. The molecular formula is C23H30NO. The summed E-state index contributed by atoms with van der Waals surface area (Å²) in [6, 6.07) is 20.2. The molecule has 5 radical (unpaired) electrons. The Morgan fingerprint density at radius 3 is 2.24 bits per heavy atom. The third kappa shape index (κ3) is 6.64. The number of nitrogens with two attached hydrogens (primary N) is 1. The van der Waals surface area contributed by atoms with Crippen LogP contribution in [0.25, 0.3) is 11.1 Å². The van der Waals surface area contributed by atoms with E-state index in [1.807, 2.05) is 6.07 Å². The Morgan fingerprint density at radius 2 is 1.52 bits per heavy atom. The van der Waals surface area contributed by atoms with E-state index in [-0.39, 0.29) is 21.0 Å². The Kier molecular flexibility index (Phi) is 9.48. The predicted octanol–water partition coefficient (Wildman–Crippen LogP) is 5.74. The van der Waals surface area contributed by atoms with E-state index in [1.165, 1.54) is 36.0 Å². The van der Waals surface area contributed by atoms with Crippen LogP contribution in [0.15, 0.2) is 54.6 Å². The van der Waals surface area contributed by atoms with Gasteiger partial charge in [-0.25, -0.2) is 0 Å². The average molecular weight is 336 g/mol. The van der Waals surface area contributed by atoms with Crippen LogP contribution in [0.2, 0.25) is 0 Å². The van der Waals surface area contributed by atoms with Crippen molar-refractivity contribution in [3.63, 3.8) is 0 Å². The number of hydrogen-bond donors (Lipinski definition) is 1. The van der Waals surface area contributed by atoms with Crippen molar-refractivity contribution in [2.45, 2.75) is 51.2 Å². The Morgan fingerprint density at radius 1 is 0.840 bits per heavy atom. The molecule has 0 amide bonds. The fraction of sp³-hybridized carbons (Fsp3) is 0.348. The number of rotatable bonds is 4. The normalized spacial score (nSPS) is 18.4. The van der Waals surface area contributed by atoms with E-state index in [1.54, 1.807) is 0 Å². The standard InChI is InChI=1S/C21H26NO.2CH2/c22-20-9-5-2-6-10-21(15-20)23-16-17-11-13-19(14-12-17)18-7-3-1-4-8-18;;/h1,3-4,7-8,11-14,21H,2,5-6,9-10,15-16,22H2;2*1H2. The number of benzene rings is 2. The lowest BCUT2D eigenvalue weighted by Gasteiger charge is -2.23. The highest BCUT2D eigenvalue weighted by atomic mass is 16.5. The summed E-state index contributed by atoms with van der Waals surface area (Å²) in [6.45, 7) is 0.674. The van der Waals surface area contributed by atoms with Crippen molar-refractivity contribution in [1.29, 1.82) is 0 Å². The van der Waals surface area contributed by atoms with Gasteiger partial charge >= 0.3 is 0 Å². The van der Waals surface area contributed by atoms with Crippen molar-refractivity contribution in [3.05, 3.63) is 81.1 Å². The van der Waals surface area contributed by atoms with Crippen LogP contribution < -0.4 is 5.73 Å². The van der Waals surface area contributed by atoms with Crippen LogP contribution in [0.4, 0.5) is 0 Å². The number of ether oxygens (including phenoxy) is 1. The fourth-order valence-electron chi connectivity index (χ4n) is 3.18. The minimum Gasteiger partial charge on any atom is -0.373 e. The molecule has 1 saturated carbocycles. The highest BCUT2D eigenvalue weighted by Gasteiger charge is 2.17. The van der Waals surface area contributed by atoms with Crippen LogP contribution in [0, 0.1) is 20.9 Å². The first-order valence-corrected chi connectivity index (χ1v) is 8.67. The molecule has 0 heterocycles. The SMILES string of the molecule is N[C]1CCCCCC(OCc2ccc(-c3ccccc3)cc2)C1.[CH2].[CH2]. The molecule has 1 aliphatic carbocycles. The maximum Gasteiger partial charge on any atom is 0.0720 e. The lowest BCUT2D eigenvalue weighted by Crippen LogP contribution is -2.23. The van der Waals surface area contributed by atoms with Crippen LogP contribution in [-0.4, -0.2) is 6.10 Å². The molecule has 0 spiro atoms. The minimum absolute atomic E-state index is 0. The lowest BCUT2D eigenvalue weighted by atomic mass is 9.95. The van der Waals surface area contributed by atoms with Gasteiger partial charge in [0.25, 0.3) is 0 Å². The van der Waals surface area contributed by atoms with Gasteiger partial charge in [-0.15, -0.1) is 0 Å². The molecule has 0 bridgehead atoms. The second kappa shape index (κ2) is 11.1. The van der Waals surface area contributed by atoms with Gasteiger partial charge in [0, 0.05) is 6.04 Å². The Hall–Kier alpha value is -1.64. The van der Waals surface area contributed by atoms with E-state index in [9.17, 15) is 0 Å². The molecule has 133 valence electrons. The fourth-order valence-corrected chi connectivity index (χ4v) is 3.18. The van der Waals surface area contributed by atoms with Crippen LogP contribution in [0.1, 0.15) is 44.1 Å². The zero-order valence-electron chi connectivity index (χ0n) is 15.1. The first kappa shape index (κ1) is 21.4. The molecule has 2 heteroatoms. The van der Waals surface area contributed by atoms with Crippen molar-refractivity contribution in [2.75, 3.05) is 0 Å². The molecule has 2 nitrogen and oxygen atoms in total. The first-order valence-electron chi connectivity index (χ1n) is 8.67. The van der Waals surface area contributed by atoms with E-state index in [0.29, 0.717) is 6.61 Å². The van der Waals surface area contributed by atoms with Crippen molar-refractivity contribution < 1.29 is 4.74 Å². The zero-order chi connectivity index (χ0) is 15.9. The molecule has 2 N–H and O–H groups in total. The molecule has 2 aromatic rings. The number of hydrogen-bond acceptors (Lipinski definition) is 2. The Balaban J connectivity index is 0.00000156. The highest BCUT2D eigenvalue weighted by Crippen LogP contribution is 2.24. The van der Waals surface area contributed by atoms with Gasteiger partial charge in [0.1, 0.15) is 0 Å². The highest BCUT2D eigenvalue weighted by molar-refractivity contribution is 5.63. The van der Waals surface area contributed by atoms with Crippen LogP contribution >= 0.6 is 0 Å². The summed E-state index contributed by atoms with van der Waals surface area (Å²) in [6.07, 6.45) is 7.15. The summed E-state index contributed by atoms with van der Waals surface area (Å²) >= 11 is 0. The van der Waals surface area contributed by atoms with Crippen LogP contribution in [0.3, 0.4) is 0 Å². The van der Waals surface area contributed by atoms with Crippen LogP contribution in [0.5, 0.6) is 0 Å². The summed E-state index contributed by atoms with van der Waals surface area (Å²) in [5.41, 5.74) is 9.81. The second-order valence-corrected chi connectivity index (χ2v) is 6.46. The van der Waals surface area contributed by atoms with Gasteiger partial charge in [-0.05, 0) is 36.0 Å². The Bertz CT molecular complexity index is 579. The summed E-state index contributed by atoms with van der Waals surface area (Å²) in [5, 5.41) is 0. The molecule has 1 fully saturated rings. The van der Waals surface area contributed by atoms with E-state index >= 15 is 0 Å². The third-order valence-electron chi connectivity index (χ3n) is 4.56. The zero-order valence-corrected chi connectivity index (χ0v) is 15.1. The molecule has 0 aliphatic heterocycles. The molecule has 25 heavy (non-hydrogen) atoms. The minimum atomic E-state index is 0. The smallest absolute Gasteiger partial charge is 0.0720 e. The van der Waals surface area contributed by atoms with Crippen molar-refractivity contribution in [3.8, 4) is 11.1 Å². The summed E-state index contributed by atoms with van der Waals surface area (Å²) in [7, 11) is 0.